The van der Waals surface area contributed by atoms with Crippen molar-refractivity contribution in [3.63, 3.8) is 0 Å². The van der Waals surface area contributed by atoms with Gasteiger partial charge >= 0.3 is 0 Å². The maximum atomic E-state index is 12.8. The van der Waals surface area contributed by atoms with Gasteiger partial charge in [-0.05, 0) is 37.1 Å². The smallest absolute Gasteiger partial charge is 0.204 e. The number of phenols is 1. The molecule has 3 aromatic rings. The lowest BCUT2D eigenvalue weighted by Gasteiger charge is -2.20. The molecule has 0 amide bonds. The molecule has 6 nitrogen and oxygen atoms in total. The maximum absolute atomic E-state index is 12.8. The first-order chi connectivity index (χ1) is 14.0. The highest BCUT2D eigenvalue weighted by Gasteiger charge is 2.22. The van der Waals surface area contributed by atoms with Crippen LogP contribution >= 0.6 is 11.8 Å². The summed E-state index contributed by atoms with van der Waals surface area (Å²) in [6.07, 6.45) is 1.67. The molecule has 154 valence electrons. The fraction of sp³-hybridized carbons (Fsp3) is 0.318. The second-order valence-electron chi connectivity index (χ2n) is 6.40. The van der Waals surface area contributed by atoms with E-state index < -0.39 is 0 Å². The lowest BCUT2D eigenvalue weighted by atomic mass is 10.1. The molecule has 1 heterocycles. The highest BCUT2D eigenvalue weighted by molar-refractivity contribution is 7.99. The zero-order chi connectivity index (χ0) is 21.0. The molecule has 0 fully saturated rings. The summed E-state index contributed by atoms with van der Waals surface area (Å²) in [7, 11) is 3.00. The SMILES string of the molecule is CCC(CC)Oc1cc2oc(Sc3ccc(O)cc3)cc(=O)c2c(OC)c1OC. The van der Waals surface area contributed by atoms with Gasteiger partial charge < -0.3 is 23.7 Å². The van der Waals surface area contributed by atoms with Crippen molar-refractivity contribution in [1.29, 1.82) is 0 Å². The Kier molecular flexibility index (Phi) is 6.59. The van der Waals surface area contributed by atoms with E-state index in [-0.39, 0.29) is 17.3 Å². The van der Waals surface area contributed by atoms with Gasteiger partial charge in [0.25, 0.3) is 0 Å². The first-order valence-corrected chi connectivity index (χ1v) is 10.2. The summed E-state index contributed by atoms with van der Waals surface area (Å²) in [5.74, 6) is 1.31. The number of methoxy groups -OCH3 is 2. The Labute approximate surface area is 173 Å². The van der Waals surface area contributed by atoms with Crippen molar-refractivity contribution in [3.05, 3.63) is 46.6 Å². The van der Waals surface area contributed by atoms with Crippen LogP contribution in [-0.2, 0) is 0 Å². The molecule has 29 heavy (non-hydrogen) atoms. The Morgan fingerprint density at radius 1 is 1.03 bits per heavy atom. The average molecular weight is 416 g/mol. The molecule has 7 heteroatoms. The summed E-state index contributed by atoms with van der Waals surface area (Å²) in [5.41, 5.74) is 0.120. The molecule has 0 radical (unpaired) electrons. The fourth-order valence-electron chi connectivity index (χ4n) is 3.02. The van der Waals surface area contributed by atoms with Crippen molar-refractivity contribution in [2.45, 2.75) is 42.8 Å². The van der Waals surface area contributed by atoms with Crippen LogP contribution in [0.5, 0.6) is 23.0 Å². The van der Waals surface area contributed by atoms with Crippen LogP contribution in [0, 0.1) is 0 Å². The number of ether oxygens (including phenoxy) is 3. The predicted octanol–water partition coefficient (Wildman–Crippen LogP) is 5.23. The number of aromatic hydroxyl groups is 1. The number of fused-ring (bicyclic) bond motifs is 1. The number of phenolic OH excluding ortho intramolecular Hbond substituents is 1. The van der Waals surface area contributed by atoms with E-state index >= 15 is 0 Å². The van der Waals surface area contributed by atoms with E-state index in [0.717, 1.165) is 17.7 Å². The lowest BCUT2D eigenvalue weighted by Crippen LogP contribution is -2.15. The van der Waals surface area contributed by atoms with Crippen molar-refractivity contribution >= 4 is 22.7 Å². The van der Waals surface area contributed by atoms with Crippen LogP contribution < -0.4 is 19.6 Å². The van der Waals surface area contributed by atoms with Gasteiger partial charge in [-0.25, -0.2) is 0 Å². The average Bonchev–Trinajstić information content (AvgIpc) is 2.72. The Balaban J connectivity index is 2.12. The van der Waals surface area contributed by atoms with Crippen molar-refractivity contribution in [1.82, 2.24) is 0 Å². The van der Waals surface area contributed by atoms with E-state index in [1.165, 1.54) is 32.0 Å². The van der Waals surface area contributed by atoms with Gasteiger partial charge in [0.2, 0.25) is 5.75 Å². The second-order valence-corrected chi connectivity index (χ2v) is 7.47. The first-order valence-electron chi connectivity index (χ1n) is 9.37. The minimum Gasteiger partial charge on any atom is -0.508 e. The van der Waals surface area contributed by atoms with Crippen molar-refractivity contribution in [2.75, 3.05) is 14.2 Å². The van der Waals surface area contributed by atoms with Crippen LogP contribution in [-0.4, -0.2) is 25.4 Å². The van der Waals surface area contributed by atoms with Crippen molar-refractivity contribution < 1.29 is 23.7 Å². The molecule has 0 bridgehead atoms. The molecule has 1 aromatic heterocycles. The van der Waals surface area contributed by atoms with Crippen LogP contribution in [0.3, 0.4) is 0 Å². The molecule has 0 atom stereocenters. The summed E-state index contributed by atoms with van der Waals surface area (Å²) < 4.78 is 23.1. The van der Waals surface area contributed by atoms with Crippen molar-refractivity contribution in [3.8, 4) is 23.0 Å². The summed E-state index contributed by atoms with van der Waals surface area (Å²) in [4.78, 5) is 13.7. The van der Waals surface area contributed by atoms with Gasteiger partial charge in [0.1, 0.15) is 16.7 Å². The third-order valence-electron chi connectivity index (χ3n) is 4.54. The third-order valence-corrected chi connectivity index (χ3v) is 5.45. The normalized spacial score (nSPS) is 11.1. The molecule has 0 saturated carbocycles. The number of benzene rings is 2. The molecule has 2 aromatic carbocycles. The molecule has 0 unspecified atom stereocenters. The topological polar surface area (TPSA) is 78.1 Å². The van der Waals surface area contributed by atoms with E-state index in [0.29, 0.717) is 33.3 Å². The highest BCUT2D eigenvalue weighted by atomic mass is 32.2. The zero-order valence-electron chi connectivity index (χ0n) is 16.9. The largest absolute Gasteiger partial charge is 0.508 e. The molecule has 0 aliphatic carbocycles. The van der Waals surface area contributed by atoms with Gasteiger partial charge in [-0.2, -0.15) is 0 Å². The van der Waals surface area contributed by atoms with Gasteiger partial charge in [-0.15, -0.1) is 0 Å². The molecular weight excluding hydrogens is 392 g/mol. The Morgan fingerprint density at radius 2 is 1.69 bits per heavy atom. The molecule has 1 N–H and O–H groups in total. The van der Waals surface area contributed by atoms with E-state index in [1.807, 2.05) is 13.8 Å². The van der Waals surface area contributed by atoms with Crippen molar-refractivity contribution in [2.24, 2.45) is 0 Å². The Bertz CT molecular complexity index is 1040. The summed E-state index contributed by atoms with van der Waals surface area (Å²) in [6, 6.07) is 9.76. The summed E-state index contributed by atoms with van der Waals surface area (Å²) in [6.45, 7) is 4.09. The molecule has 0 spiro atoms. The van der Waals surface area contributed by atoms with Gasteiger partial charge in [0, 0.05) is 17.0 Å². The standard InChI is InChI=1S/C22H24O6S/c1-5-14(6-2)27-18-12-17-20(22(26-4)21(18)25-3)16(24)11-19(28-17)29-15-9-7-13(23)8-10-15/h7-12,14,23H,5-6H2,1-4H3. The molecule has 0 saturated heterocycles. The molecule has 0 aliphatic heterocycles. The van der Waals surface area contributed by atoms with E-state index in [9.17, 15) is 9.90 Å². The Morgan fingerprint density at radius 3 is 2.28 bits per heavy atom. The predicted molar refractivity (Wildman–Crippen MR) is 113 cm³/mol. The van der Waals surface area contributed by atoms with E-state index in [4.69, 9.17) is 18.6 Å². The first kappa shape index (κ1) is 20.9. The van der Waals surface area contributed by atoms with Gasteiger partial charge in [0.05, 0.1) is 20.3 Å². The van der Waals surface area contributed by atoms with Gasteiger partial charge in [-0.1, -0.05) is 25.6 Å². The van der Waals surface area contributed by atoms with Crippen LogP contribution in [0.4, 0.5) is 0 Å². The summed E-state index contributed by atoms with van der Waals surface area (Å²) in [5, 5.41) is 10.2. The molecular formula is C22H24O6S. The fourth-order valence-corrected chi connectivity index (χ4v) is 3.82. The van der Waals surface area contributed by atoms with Crippen LogP contribution in [0.25, 0.3) is 11.0 Å². The monoisotopic (exact) mass is 416 g/mol. The summed E-state index contributed by atoms with van der Waals surface area (Å²) >= 11 is 1.29. The van der Waals surface area contributed by atoms with Crippen LogP contribution in [0.15, 0.2) is 55.6 Å². The van der Waals surface area contributed by atoms with Crippen LogP contribution in [0.1, 0.15) is 26.7 Å². The minimum absolute atomic E-state index is 0.00679. The zero-order valence-corrected chi connectivity index (χ0v) is 17.7. The van der Waals surface area contributed by atoms with E-state index in [2.05, 4.69) is 0 Å². The van der Waals surface area contributed by atoms with Gasteiger partial charge in [-0.3, -0.25) is 4.79 Å². The quantitative estimate of drug-likeness (QED) is 0.538. The molecule has 0 aliphatic rings. The number of rotatable bonds is 8. The van der Waals surface area contributed by atoms with Gasteiger partial charge in [0.15, 0.2) is 22.0 Å². The molecule has 3 rings (SSSR count). The lowest BCUT2D eigenvalue weighted by molar-refractivity contribution is 0.183. The minimum atomic E-state index is -0.239. The maximum Gasteiger partial charge on any atom is 0.204 e. The second kappa shape index (κ2) is 9.13. The number of hydrogen-bond acceptors (Lipinski definition) is 7. The Hall–Kier alpha value is -2.80. The number of hydrogen-bond donors (Lipinski definition) is 1. The third kappa shape index (κ3) is 4.45. The highest BCUT2D eigenvalue weighted by Crippen LogP contribution is 2.44. The van der Waals surface area contributed by atoms with E-state index in [1.54, 1.807) is 30.3 Å². The van der Waals surface area contributed by atoms with Crippen LogP contribution in [0.2, 0.25) is 0 Å².